The molecular weight excluding hydrogens is 260 g/mol. The molecule has 0 amide bonds. The SMILES string of the molecule is Cc1cc(O)c(C(=O)C=Cc2ccc(O)cc2)c(=O)o1. The van der Waals surface area contributed by atoms with Crippen molar-refractivity contribution in [3.63, 3.8) is 0 Å². The van der Waals surface area contributed by atoms with Crippen LogP contribution in [-0.2, 0) is 0 Å². The number of benzene rings is 1. The standard InChI is InChI=1S/C15H12O5/c1-9-8-13(18)14(15(19)20-9)12(17)7-4-10-2-5-11(16)6-3-10/h2-8,16,18H,1H3. The van der Waals surface area contributed by atoms with Crippen LogP contribution < -0.4 is 5.63 Å². The zero-order valence-electron chi connectivity index (χ0n) is 10.7. The van der Waals surface area contributed by atoms with Gasteiger partial charge in [-0.15, -0.1) is 0 Å². The average molecular weight is 272 g/mol. The van der Waals surface area contributed by atoms with Gasteiger partial charge in [0, 0.05) is 6.07 Å². The minimum Gasteiger partial charge on any atom is -0.508 e. The van der Waals surface area contributed by atoms with Crippen LogP contribution >= 0.6 is 0 Å². The third kappa shape index (κ3) is 2.95. The highest BCUT2D eigenvalue weighted by molar-refractivity contribution is 6.08. The number of phenolic OH excluding ortho intramolecular Hbond substituents is 1. The summed E-state index contributed by atoms with van der Waals surface area (Å²) in [4.78, 5) is 23.4. The Balaban J connectivity index is 2.29. The van der Waals surface area contributed by atoms with Crippen LogP contribution in [0.4, 0.5) is 0 Å². The number of hydrogen-bond donors (Lipinski definition) is 2. The highest BCUT2D eigenvalue weighted by Crippen LogP contribution is 2.16. The Labute approximate surface area is 114 Å². The van der Waals surface area contributed by atoms with E-state index < -0.39 is 22.7 Å². The monoisotopic (exact) mass is 272 g/mol. The molecule has 0 saturated carbocycles. The van der Waals surface area contributed by atoms with Gasteiger partial charge in [0.1, 0.15) is 22.8 Å². The third-order valence-corrected chi connectivity index (χ3v) is 2.62. The van der Waals surface area contributed by atoms with E-state index in [-0.39, 0.29) is 11.5 Å². The fourth-order valence-electron chi connectivity index (χ4n) is 1.66. The zero-order chi connectivity index (χ0) is 14.7. The Morgan fingerprint density at radius 3 is 2.45 bits per heavy atom. The summed E-state index contributed by atoms with van der Waals surface area (Å²) in [6, 6.07) is 7.37. The van der Waals surface area contributed by atoms with E-state index in [4.69, 9.17) is 9.52 Å². The fourth-order valence-corrected chi connectivity index (χ4v) is 1.66. The molecule has 0 unspecified atom stereocenters. The van der Waals surface area contributed by atoms with E-state index in [1.54, 1.807) is 12.1 Å². The molecule has 0 bridgehead atoms. The van der Waals surface area contributed by atoms with Crippen molar-refractivity contribution < 1.29 is 19.4 Å². The number of aryl methyl sites for hydroxylation is 1. The van der Waals surface area contributed by atoms with E-state index in [9.17, 15) is 14.7 Å². The van der Waals surface area contributed by atoms with E-state index in [1.165, 1.54) is 31.2 Å². The van der Waals surface area contributed by atoms with Gasteiger partial charge in [-0.1, -0.05) is 18.2 Å². The summed E-state index contributed by atoms with van der Waals surface area (Å²) in [5, 5.41) is 18.8. The van der Waals surface area contributed by atoms with Crippen LogP contribution in [0.15, 0.2) is 45.6 Å². The van der Waals surface area contributed by atoms with Crippen molar-refractivity contribution in [2.75, 3.05) is 0 Å². The predicted molar refractivity (Wildman–Crippen MR) is 72.9 cm³/mol. The van der Waals surface area contributed by atoms with Gasteiger partial charge in [-0.3, -0.25) is 4.79 Å². The number of carbonyl (C=O) groups is 1. The highest BCUT2D eigenvalue weighted by atomic mass is 16.4. The van der Waals surface area contributed by atoms with E-state index in [2.05, 4.69) is 0 Å². The van der Waals surface area contributed by atoms with E-state index in [0.29, 0.717) is 5.56 Å². The number of hydrogen-bond acceptors (Lipinski definition) is 5. The molecule has 5 heteroatoms. The van der Waals surface area contributed by atoms with Crippen LogP contribution in [0.1, 0.15) is 21.7 Å². The smallest absolute Gasteiger partial charge is 0.351 e. The molecular formula is C15H12O5. The number of aromatic hydroxyl groups is 2. The summed E-state index contributed by atoms with van der Waals surface area (Å²) in [6.07, 6.45) is 2.63. The minimum atomic E-state index is -0.872. The quantitative estimate of drug-likeness (QED) is 0.661. The minimum absolute atomic E-state index is 0.116. The summed E-state index contributed by atoms with van der Waals surface area (Å²) < 4.78 is 4.77. The van der Waals surface area contributed by atoms with Crippen molar-refractivity contribution in [3.8, 4) is 11.5 Å². The number of allylic oxidation sites excluding steroid dienone is 1. The van der Waals surface area contributed by atoms with Crippen LogP contribution in [0.3, 0.4) is 0 Å². The van der Waals surface area contributed by atoms with Gasteiger partial charge in [0.15, 0.2) is 5.78 Å². The predicted octanol–water partition coefficient (Wildman–Crippen LogP) is 2.26. The Morgan fingerprint density at radius 2 is 1.85 bits per heavy atom. The first-order valence-electron chi connectivity index (χ1n) is 5.82. The van der Waals surface area contributed by atoms with Gasteiger partial charge < -0.3 is 14.6 Å². The summed E-state index contributed by atoms with van der Waals surface area (Å²) in [7, 11) is 0. The first-order chi connectivity index (χ1) is 9.47. The number of carbonyl (C=O) groups excluding carboxylic acids is 1. The Morgan fingerprint density at radius 1 is 1.20 bits per heavy atom. The van der Waals surface area contributed by atoms with Crippen molar-refractivity contribution in [3.05, 3.63) is 63.7 Å². The molecule has 2 aromatic rings. The summed E-state index contributed by atoms with van der Waals surface area (Å²) in [5.74, 6) is -0.708. The molecule has 2 N–H and O–H groups in total. The van der Waals surface area contributed by atoms with Crippen LogP contribution in [0.5, 0.6) is 11.5 Å². The van der Waals surface area contributed by atoms with Gasteiger partial charge >= 0.3 is 5.63 Å². The second-order valence-corrected chi connectivity index (χ2v) is 4.19. The number of rotatable bonds is 3. The third-order valence-electron chi connectivity index (χ3n) is 2.62. The molecule has 0 aliphatic heterocycles. The van der Waals surface area contributed by atoms with Crippen LogP contribution in [0, 0.1) is 6.92 Å². The Bertz CT molecular complexity index is 723. The lowest BCUT2D eigenvalue weighted by Crippen LogP contribution is -2.12. The molecule has 5 nitrogen and oxygen atoms in total. The molecule has 0 aliphatic carbocycles. The van der Waals surface area contributed by atoms with Gasteiger partial charge in [0.25, 0.3) is 0 Å². The normalized spacial score (nSPS) is 10.8. The highest BCUT2D eigenvalue weighted by Gasteiger charge is 2.15. The number of phenols is 1. The van der Waals surface area contributed by atoms with Gasteiger partial charge in [-0.25, -0.2) is 4.79 Å². The van der Waals surface area contributed by atoms with Crippen molar-refractivity contribution in [1.29, 1.82) is 0 Å². The molecule has 1 aromatic heterocycles. The molecule has 2 rings (SSSR count). The first-order valence-corrected chi connectivity index (χ1v) is 5.82. The maximum atomic E-state index is 11.9. The molecule has 0 saturated heterocycles. The molecule has 0 fully saturated rings. The first kappa shape index (κ1) is 13.6. The summed E-state index contributed by atoms with van der Waals surface area (Å²) >= 11 is 0. The van der Waals surface area contributed by atoms with Crippen molar-refractivity contribution in [2.45, 2.75) is 6.92 Å². The Hall–Kier alpha value is -2.82. The maximum absolute atomic E-state index is 11.9. The van der Waals surface area contributed by atoms with Crippen LogP contribution in [0.25, 0.3) is 6.08 Å². The molecule has 102 valence electrons. The van der Waals surface area contributed by atoms with Crippen molar-refractivity contribution >= 4 is 11.9 Å². The second kappa shape index (κ2) is 5.44. The molecule has 0 radical (unpaired) electrons. The molecule has 20 heavy (non-hydrogen) atoms. The van der Waals surface area contributed by atoms with Crippen LogP contribution in [0.2, 0.25) is 0 Å². The fraction of sp³-hybridized carbons (Fsp3) is 0.0667. The van der Waals surface area contributed by atoms with Gasteiger partial charge in [0.2, 0.25) is 0 Å². The van der Waals surface area contributed by atoms with Crippen molar-refractivity contribution in [2.24, 2.45) is 0 Å². The number of ketones is 1. The molecule has 0 aliphatic rings. The lowest BCUT2D eigenvalue weighted by Gasteiger charge is -2.00. The van der Waals surface area contributed by atoms with Crippen LogP contribution in [-0.4, -0.2) is 16.0 Å². The molecule has 1 heterocycles. The zero-order valence-corrected chi connectivity index (χ0v) is 10.7. The molecule has 0 atom stereocenters. The summed E-state index contributed by atoms with van der Waals surface area (Å²) in [6.45, 7) is 1.50. The van der Waals surface area contributed by atoms with Crippen molar-refractivity contribution in [1.82, 2.24) is 0 Å². The second-order valence-electron chi connectivity index (χ2n) is 4.19. The molecule has 1 aromatic carbocycles. The van der Waals surface area contributed by atoms with E-state index >= 15 is 0 Å². The topological polar surface area (TPSA) is 87.7 Å². The van der Waals surface area contributed by atoms with Gasteiger partial charge in [0.05, 0.1) is 0 Å². The Kier molecular flexibility index (Phi) is 3.70. The van der Waals surface area contributed by atoms with E-state index in [1.807, 2.05) is 0 Å². The summed E-state index contributed by atoms with van der Waals surface area (Å²) in [5.41, 5.74) is -0.597. The lowest BCUT2D eigenvalue weighted by atomic mass is 10.1. The largest absolute Gasteiger partial charge is 0.508 e. The molecule has 0 spiro atoms. The lowest BCUT2D eigenvalue weighted by molar-refractivity contribution is 0.104. The maximum Gasteiger partial charge on any atom is 0.351 e. The van der Waals surface area contributed by atoms with E-state index in [0.717, 1.165) is 6.08 Å². The van der Waals surface area contributed by atoms with Gasteiger partial charge in [-0.05, 0) is 30.7 Å². The average Bonchev–Trinajstić information content (AvgIpc) is 2.37. The van der Waals surface area contributed by atoms with Gasteiger partial charge in [-0.2, -0.15) is 0 Å².